The molecule has 0 unspecified atom stereocenters. The highest BCUT2D eigenvalue weighted by Gasteiger charge is 2.23. The number of hydrogen-bond acceptors (Lipinski definition) is 4. The normalized spacial score (nSPS) is 14.6. The summed E-state index contributed by atoms with van der Waals surface area (Å²) in [4.78, 5) is 21.7. The Morgan fingerprint density at radius 3 is 2.41 bits per heavy atom. The maximum absolute atomic E-state index is 12.9. The van der Waals surface area contributed by atoms with Crippen LogP contribution in [0.25, 0.3) is 11.0 Å². The molecular weight excluding hydrogens is 340 g/mol. The summed E-state index contributed by atoms with van der Waals surface area (Å²) in [7, 11) is 3.66. The van der Waals surface area contributed by atoms with Crippen molar-refractivity contribution in [1.82, 2.24) is 14.5 Å². The van der Waals surface area contributed by atoms with Gasteiger partial charge in [0.1, 0.15) is 11.6 Å². The first-order valence-electron chi connectivity index (χ1n) is 9.18. The minimum Gasteiger partial charge on any atom is -0.497 e. The number of rotatable bonds is 3. The van der Waals surface area contributed by atoms with Crippen LogP contribution in [0, 0.1) is 6.92 Å². The molecule has 0 atom stereocenters. The minimum absolute atomic E-state index is 0.0783. The summed E-state index contributed by atoms with van der Waals surface area (Å²) in [5, 5.41) is 0. The molecule has 140 valence electrons. The molecular formula is C21H24N4O2. The molecule has 1 saturated heterocycles. The van der Waals surface area contributed by atoms with Crippen LogP contribution in [0.5, 0.6) is 5.75 Å². The standard InChI is InChI=1S/C21H24N4O2/c1-15-22-19-14-16(4-9-20(19)23(15)2)21(26)25-12-10-24(11-13-25)17-5-7-18(27-3)8-6-17/h4-9,14H,10-13H2,1-3H3. The van der Waals surface area contributed by atoms with Gasteiger partial charge in [-0.25, -0.2) is 4.98 Å². The van der Waals surface area contributed by atoms with Gasteiger partial charge in [-0.05, 0) is 49.4 Å². The summed E-state index contributed by atoms with van der Waals surface area (Å²) >= 11 is 0. The topological polar surface area (TPSA) is 50.6 Å². The van der Waals surface area contributed by atoms with Crippen LogP contribution < -0.4 is 9.64 Å². The van der Waals surface area contributed by atoms with Crippen molar-refractivity contribution in [2.24, 2.45) is 7.05 Å². The Balaban J connectivity index is 1.45. The average molecular weight is 364 g/mol. The molecule has 0 saturated carbocycles. The van der Waals surface area contributed by atoms with Gasteiger partial charge in [0.2, 0.25) is 0 Å². The van der Waals surface area contributed by atoms with Crippen LogP contribution >= 0.6 is 0 Å². The molecule has 0 radical (unpaired) electrons. The zero-order valence-corrected chi connectivity index (χ0v) is 16.0. The number of piperazine rings is 1. The molecule has 6 nitrogen and oxygen atoms in total. The van der Waals surface area contributed by atoms with Crippen molar-refractivity contribution in [1.29, 1.82) is 0 Å². The molecule has 1 aliphatic heterocycles. The predicted molar refractivity (Wildman–Crippen MR) is 107 cm³/mol. The monoisotopic (exact) mass is 364 g/mol. The van der Waals surface area contributed by atoms with Crippen molar-refractivity contribution in [3.63, 3.8) is 0 Å². The Morgan fingerprint density at radius 1 is 1.04 bits per heavy atom. The quantitative estimate of drug-likeness (QED) is 0.717. The Labute approximate surface area is 159 Å². The van der Waals surface area contributed by atoms with E-state index < -0.39 is 0 Å². The molecule has 27 heavy (non-hydrogen) atoms. The number of aryl methyl sites for hydroxylation is 2. The molecule has 1 amide bonds. The van der Waals surface area contributed by atoms with E-state index in [4.69, 9.17) is 4.74 Å². The number of methoxy groups -OCH3 is 1. The van der Waals surface area contributed by atoms with Crippen LogP contribution in [0.3, 0.4) is 0 Å². The lowest BCUT2D eigenvalue weighted by atomic mass is 10.1. The molecule has 0 spiro atoms. The Bertz CT molecular complexity index is 970. The lowest BCUT2D eigenvalue weighted by Crippen LogP contribution is -2.48. The molecule has 4 rings (SSSR count). The molecule has 0 N–H and O–H groups in total. The smallest absolute Gasteiger partial charge is 0.254 e. The van der Waals surface area contributed by atoms with E-state index in [0.717, 1.165) is 41.4 Å². The largest absolute Gasteiger partial charge is 0.497 e. The van der Waals surface area contributed by atoms with Gasteiger partial charge in [-0.2, -0.15) is 0 Å². The lowest BCUT2D eigenvalue weighted by Gasteiger charge is -2.36. The van der Waals surface area contributed by atoms with E-state index in [1.807, 2.05) is 53.8 Å². The Hall–Kier alpha value is -3.02. The molecule has 2 aromatic carbocycles. The van der Waals surface area contributed by atoms with Crippen molar-refractivity contribution >= 4 is 22.6 Å². The summed E-state index contributed by atoms with van der Waals surface area (Å²) < 4.78 is 7.25. The highest BCUT2D eigenvalue weighted by Crippen LogP contribution is 2.22. The fraction of sp³-hybridized carbons (Fsp3) is 0.333. The van der Waals surface area contributed by atoms with Gasteiger partial charge in [-0.3, -0.25) is 4.79 Å². The van der Waals surface area contributed by atoms with Crippen LogP contribution in [0.2, 0.25) is 0 Å². The Kier molecular flexibility index (Phi) is 4.48. The van der Waals surface area contributed by atoms with Gasteiger partial charge >= 0.3 is 0 Å². The first-order valence-corrected chi connectivity index (χ1v) is 9.18. The van der Waals surface area contributed by atoms with Crippen LogP contribution in [0.1, 0.15) is 16.2 Å². The van der Waals surface area contributed by atoms with Gasteiger partial charge in [0.15, 0.2) is 0 Å². The van der Waals surface area contributed by atoms with E-state index in [1.165, 1.54) is 0 Å². The lowest BCUT2D eigenvalue weighted by molar-refractivity contribution is 0.0747. The fourth-order valence-electron chi connectivity index (χ4n) is 3.60. The third-order valence-electron chi connectivity index (χ3n) is 5.36. The number of anilines is 1. The number of carbonyl (C=O) groups excluding carboxylic acids is 1. The van der Waals surface area contributed by atoms with E-state index in [-0.39, 0.29) is 5.91 Å². The summed E-state index contributed by atoms with van der Waals surface area (Å²) in [5.41, 5.74) is 3.79. The summed E-state index contributed by atoms with van der Waals surface area (Å²) in [6.07, 6.45) is 0. The van der Waals surface area contributed by atoms with E-state index in [1.54, 1.807) is 7.11 Å². The van der Waals surface area contributed by atoms with Gasteiger partial charge in [-0.1, -0.05) is 0 Å². The number of nitrogens with zero attached hydrogens (tertiary/aromatic N) is 4. The third kappa shape index (κ3) is 3.23. The summed E-state index contributed by atoms with van der Waals surface area (Å²) in [5.74, 6) is 1.88. The second kappa shape index (κ2) is 6.95. The molecule has 1 aromatic heterocycles. The van der Waals surface area contributed by atoms with Crippen molar-refractivity contribution in [2.75, 3.05) is 38.2 Å². The van der Waals surface area contributed by atoms with Crippen molar-refractivity contribution in [2.45, 2.75) is 6.92 Å². The van der Waals surface area contributed by atoms with E-state index in [9.17, 15) is 4.79 Å². The van der Waals surface area contributed by atoms with Crippen molar-refractivity contribution in [3.05, 3.63) is 53.9 Å². The molecule has 6 heteroatoms. The molecule has 0 aliphatic carbocycles. The zero-order valence-electron chi connectivity index (χ0n) is 16.0. The summed E-state index contributed by atoms with van der Waals surface area (Å²) in [6, 6.07) is 13.9. The fourth-order valence-corrected chi connectivity index (χ4v) is 3.60. The number of benzene rings is 2. The molecule has 3 aromatic rings. The predicted octanol–water partition coefficient (Wildman–Crippen LogP) is 2.85. The maximum atomic E-state index is 12.9. The third-order valence-corrected chi connectivity index (χ3v) is 5.36. The van der Waals surface area contributed by atoms with E-state index >= 15 is 0 Å². The average Bonchev–Trinajstić information content (AvgIpc) is 3.01. The first-order chi connectivity index (χ1) is 13.1. The van der Waals surface area contributed by atoms with Crippen LogP contribution in [0.4, 0.5) is 5.69 Å². The van der Waals surface area contributed by atoms with Crippen molar-refractivity contribution in [3.8, 4) is 5.75 Å². The zero-order chi connectivity index (χ0) is 19.0. The van der Waals surface area contributed by atoms with Crippen molar-refractivity contribution < 1.29 is 9.53 Å². The number of hydrogen-bond donors (Lipinski definition) is 0. The number of ether oxygens (including phenoxy) is 1. The second-order valence-corrected chi connectivity index (χ2v) is 6.90. The minimum atomic E-state index is 0.0783. The molecule has 1 aliphatic rings. The van der Waals surface area contributed by atoms with Crippen LogP contribution in [-0.4, -0.2) is 53.6 Å². The number of aromatic nitrogens is 2. The van der Waals surface area contributed by atoms with Gasteiger partial charge in [0.25, 0.3) is 5.91 Å². The number of amides is 1. The molecule has 1 fully saturated rings. The maximum Gasteiger partial charge on any atom is 0.254 e. The number of fused-ring (bicyclic) bond motifs is 1. The Morgan fingerprint density at radius 2 is 1.74 bits per heavy atom. The van der Waals surface area contributed by atoms with E-state index in [2.05, 4.69) is 22.0 Å². The number of carbonyl (C=O) groups is 1. The van der Waals surface area contributed by atoms with Crippen LogP contribution in [-0.2, 0) is 7.05 Å². The van der Waals surface area contributed by atoms with Gasteiger partial charge in [0.05, 0.1) is 18.1 Å². The number of imidazole rings is 1. The molecule has 0 bridgehead atoms. The summed E-state index contributed by atoms with van der Waals surface area (Å²) in [6.45, 7) is 5.04. The van der Waals surface area contributed by atoms with E-state index in [0.29, 0.717) is 18.7 Å². The highest BCUT2D eigenvalue weighted by atomic mass is 16.5. The van der Waals surface area contributed by atoms with Gasteiger partial charge in [0, 0.05) is 44.5 Å². The van der Waals surface area contributed by atoms with Crippen LogP contribution in [0.15, 0.2) is 42.5 Å². The SMILES string of the molecule is COc1ccc(N2CCN(C(=O)c3ccc4c(c3)nc(C)n4C)CC2)cc1. The first kappa shape index (κ1) is 17.4. The highest BCUT2D eigenvalue weighted by molar-refractivity contribution is 5.97. The second-order valence-electron chi connectivity index (χ2n) is 6.90. The molecule has 2 heterocycles. The van der Waals surface area contributed by atoms with Gasteiger partial charge < -0.3 is 19.1 Å². The van der Waals surface area contributed by atoms with Gasteiger partial charge in [-0.15, -0.1) is 0 Å².